The summed E-state index contributed by atoms with van der Waals surface area (Å²) in [5, 5.41) is 10.2. The Bertz CT molecular complexity index is 438. The molecule has 0 unspecified atom stereocenters. The molecule has 1 aliphatic rings. The van der Waals surface area contributed by atoms with E-state index in [-0.39, 0.29) is 6.10 Å². The number of aryl methyl sites for hydroxylation is 1. The number of β-amino-alcohol motifs (C(OH)–C–C–N with tert-alkyl or cyclic N) is 1. The number of likely N-dealkylation sites (N-methyl/N-ethyl adjacent to an activating group) is 1. The van der Waals surface area contributed by atoms with E-state index >= 15 is 0 Å². The Hall–Kier alpha value is -0.690. The third-order valence-corrected chi connectivity index (χ3v) is 3.87. The van der Waals surface area contributed by atoms with Crippen LogP contribution in [0.25, 0.3) is 0 Å². The molecule has 0 bridgehead atoms. The summed E-state index contributed by atoms with van der Waals surface area (Å²) in [5.74, 6) is 0.911. The maximum atomic E-state index is 10.2. The summed E-state index contributed by atoms with van der Waals surface area (Å²) in [6.45, 7) is 6.60. The number of anilines is 1. The van der Waals surface area contributed by atoms with Gasteiger partial charge in [0.25, 0.3) is 0 Å². The highest BCUT2D eigenvalue weighted by atomic mass is 79.9. The first-order chi connectivity index (χ1) is 9.56. The molecular weight excluding hydrogens is 322 g/mol. The number of aromatic nitrogens is 1. The zero-order valence-electron chi connectivity index (χ0n) is 12.0. The highest BCUT2D eigenvalue weighted by molar-refractivity contribution is 9.10. The van der Waals surface area contributed by atoms with E-state index in [1.165, 1.54) is 0 Å². The average molecular weight is 344 g/mol. The van der Waals surface area contributed by atoms with Crippen molar-refractivity contribution < 1.29 is 9.84 Å². The Morgan fingerprint density at radius 2 is 2.20 bits per heavy atom. The zero-order chi connectivity index (χ0) is 14.5. The van der Waals surface area contributed by atoms with Crippen molar-refractivity contribution in [3.8, 4) is 0 Å². The van der Waals surface area contributed by atoms with Gasteiger partial charge in [-0.3, -0.25) is 4.90 Å². The number of hydrogen-bond acceptors (Lipinski definition) is 5. The van der Waals surface area contributed by atoms with Gasteiger partial charge in [-0.15, -0.1) is 0 Å². The molecule has 2 heterocycles. The molecule has 0 aromatic carbocycles. The summed E-state index contributed by atoms with van der Waals surface area (Å²) in [7, 11) is 1.96. The molecule has 1 N–H and O–H groups in total. The Labute approximate surface area is 128 Å². The highest BCUT2D eigenvalue weighted by Gasteiger charge is 2.17. The minimum atomic E-state index is -0.386. The lowest BCUT2D eigenvalue weighted by Gasteiger charge is -2.30. The fourth-order valence-electron chi connectivity index (χ4n) is 2.47. The monoisotopic (exact) mass is 343 g/mol. The lowest BCUT2D eigenvalue weighted by Crippen LogP contribution is -2.44. The van der Waals surface area contributed by atoms with Crippen molar-refractivity contribution in [3.05, 3.63) is 22.3 Å². The van der Waals surface area contributed by atoms with E-state index in [4.69, 9.17) is 4.74 Å². The molecule has 0 amide bonds. The maximum Gasteiger partial charge on any atom is 0.131 e. The van der Waals surface area contributed by atoms with Gasteiger partial charge in [0.1, 0.15) is 5.82 Å². The van der Waals surface area contributed by atoms with Gasteiger partial charge in [-0.1, -0.05) is 0 Å². The standard InChI is InChI=1S/C14H22BrN3O2/c1-11-7-12(15)8-16-14(11)17(2)9-13(19)10-18-3-5-20-6-4-18/h7-8,13,19H,3-6,9-10H2,1-2H3/t13-/m0/s1. The second-order valence-corrected chi connectivity index (χ2v) is 6.16. The predicted octanol–water partition coefficient (Wildman–Crippen LogP) is 1.28. The molecule has 0 spiro atoms. The first kappa shape index (κ1) is 15.7. The summed E-state index contributed by atoms with van der Waals surface area (Å²) in [6, 6.07) is 2.03. The molecule has 1 aromatic heterocycles. The van der Waals surface area contributed by atoms with Crippen LogP contribution in [-0.4, -0.2) is 67.5 Å². The van der Waals surface area contributed by atoms with Crippen molar-refractivity contribution in [1.82, 2.24) is 9.88 Å². The van der Waals surface area contributed by atoms with Crippen molar-refractivity contribution in [1.29, 1.82) is 0 Å². The molecule has 0 saturated carbocycles. The quantitative estimate of drug-likeness (QED) is 0.872. The number of nitrogens with zero attached hydrogens (tertiary/aromatic N) is 3. The molecule has 1 atom stereocenters. The smallest absolute Gasteiger partial charge is 0.131 e. The molecule has 6 heteroatoms. The molecule has 1 saturated heterocycles. The number of aliphatic hydroxyl groups excluding tert-OH is 1. The van der Waals surface area contributed by atoms with Gasteiger partial charge in [-0.25, -0.2) is 4.98 Å². The number of pyridine rings is 1. The van der Waals surface area contributed by atoms with E-state index < -0.39 is 0 Å². The fraction of sp³-hybridized carbons (Fsp3) is 0.643. The van der Waals surface area contributed by atoms with Crippen LogP contribution in [0, 0.1) is 6.92 Å². The SMILES string of the molecule is Cc1cc(Br)cnc1N(C)C[C@H](O)CN1CCOCC1. The molecule has 0 radical (unpaired) electrons. The fourth-order valence-corrected chi connectivity index (χ4v) is 2.92. The first-order valence-corrected chi connectivity index (χ1v) is 7.67. The molecule has 0 aliphatic carbocycles. The van der Waals surface area contributed by atoms with Crippen molar-refractivity contribution in [2.75, 3.05) is 51.3 Å². The van der Waals surface area contributed by atoms with Crippen LogP contribution in [0.15, 0.2) is 16.7 Å². The van der Waals surface area contributed by atoms with Gasteiger partial charge in [-0.05, 0) is 34.5 Å². The van der Waals surface area contributed by atoms with Crippen LogP contribution in [0.2, 0.25) is 0 Å². The average Bonchev–Trinajstić information content (AvgIpc) is 2.39. The van der Waals surface area contributed by atoms with Crippen molar-refractivity contribution >= 4 is 21.7 Å². The number of rotatable bonds is 5. The Morgan fingerprint density at radius 1 is 1.50 bits per heavy atom. The van der Waals surface area contributed by atoms with Gasteiger partial charge in [0.15, 0.2) is 0 Å². The second-order valence-electron chi connectivity index (χ2n) is 5.24. The number of morpholine rings is 1. The van der Waals surface area contributed by atoms with Crippen molar-refractivity contribution in [2.45, 2.75) is 13.0 Å². The van der Waals surface area contributed by atoms with E-state index in [1.54, 1.807) is 6.20 Å². The normalized spacial score (nSPS) is 18.0. The van der Waals surface area contributed by atoms with Crippen LogP contribution in [0.1, 0.15) is 5.56 Å². The Balaban J connectivity index is 1.87. The van der Waals surface area contributed by atoms with Gasteiger partial charge < -0.3 is 14.7 Å². The van der Waals surface area contributed by atoms with Gasteiger partial charge >= 0.3 is 0 Å². The second kappa shape index (κ2) is 7.36. The molecular formula is C14H22BrN3O2. The Morgan fingerprint density at radius 3 is 2.85 bits per heavy atom. The minimum absolute atomic E-state index is 0.386. The number of hydrogen-bond donors (Lipinski definition) is 1. The lowest BCUT2D eigenvalue weighted by molar-refractivity contribution is 0.0162. The minimum Gasteiger partial charge on any atom is -0.390 e. The predicted molar refractivity (Wildman–Crippen MR) is 83.2 cm³/mol. The largest absolute Gasteiger partial charge is 0.390 e. The van der Waals surface area contributed by atoms with E-state index in [2.05, 4.69) is 25.8 Å². The number of aliphatic hydroxyl groups is 1. The van der Waals surface area contributed by atoms with Gasteiger partial charge in [0.05, 0.1) is 19.3 Å². The van der Waals surface area contributed by atoms with E-state index in [9.17, 15) is 5.11 Å². The molecule has 112 valence electrons. The van der Waals surface area contributed by atoms with Gasteiger partial charge in [0.2, 0.25) is 0 Å². The summed E-state index contributed by atoms with van der Waals surface area (Å²) in [5.41, 5.74) is 1.10. The van der Waals surface area contributed by atoms with Crippen LogP contribution in [0.5, 0.6) is 0 Å². The van der Waals surface area contributed by atoms with Gasteiger partial charge in [-0.2, -0.15) is 0 Å². The first-order valence-electron chi connectivity index (χ1n) is 6.87. The van der Waals surface area contributed by atoms with Crippen molar-refractivity contribution in [2.24, 2.45) is 0 Å². The summed E-state index contributed by atoms with van der Waals surface area (Å²) in [4.78, 5) is 8.66. The summed E-state index contributed by atoms with van der Waals surface area (Å²) >= 11 is 3.41. The maximum absolute atomic E-state index is 10.2. The highest BCUT2D eigenvalue weighted by Crippen LogP contribution is 2.19. The molecule has 1 aliphatic heterocycles. The van der Waals surface area contributed by atoms with Crippen LogP contribution in [-0.2, 0) is 4.74 Å². The lowest BCUT2D eigenvalue weighted by atomic mass is 10.2. The van der Waals surface area contributed by atoms with E-state index in [0.29, 0.717) is 13.1 Å². The summed E-state index contributed by atoms with van der Waals surface area (Å²) < 4.78 is 6.28. The van der Waals surface area contributed by atoms with Crippen LogP contribution >= 0.6 is 15.9 Å². The molecule has 20 heavy (non-hydrogen) atoms. The Kier molecular flexibility index (Phi) is 5.77. The molecule has 5 nitrogen and oxygen atoms in total. The van der Waals surface area contributed by atoms with Crippen LogP contribution in [0.3, 0.4) is 0 Å². The zero-order valence-corrected chi connectivity index (χ0v) is 13.6. The third-order valence-electron chi connectivity index (χ3n) is 3.44. The van der Waals surface area contributed by atoms with Gasteiger partial charge in [0, 0.05) is 43.9 Å². The number of ether oxygens (including phenoxy) is 1. The molecule has 1 aromatic rings. The van der Waals surface area contributed by atoms with E-state index in [1.807, 2.05) is 24.9 Å². The molecule has 1 fully saturated rings. The van der Waals surface area contributed by atoms with E-state index in [0.717, 1.165) is 42.2 Å². The van der Waals surface area contributed by atoms with Crippen LogP contribution < -0.4 is 4.90 Å². The van der Waals surface area contributed by atoms with Crippen LogP contribution in [0.4, 0.5) is 5.82 Å². The third kappa shape index (κ3) is 4.41. The topological polar surface area (TPSA) is 48.8 Å². The number of halogens is 1. The summed E-state index contributed by atoms with van der Waals surface area (Å²) in [6.07, 6.45) is 1.40. The molecule has 2 rings (SSSR count). The van der Waals surface area contributed by atoms with Crippen molar-refractivity contribution in [3.63, 3.8) is 0 Å².